The zero-order chi connectivity index (χ0) is 15.5. The van der Waals surface area contributed by atoms with Gasteiger partial charge < -0.3 is 5.11 Å². The normalized spacial score (nSPS) is 11.3. The lowest BCUT2D eigenvalue weighted by atomic mass is 10.2. The van der Waals surface area contributed by atoms with Gasteiger partial charge in [-0.1, -0.05) is 6.07 Å². The molecule has 0 fully saturated rings. The Labute approximate surface area is 121 Å². The maximum atomic E-state index is 12.1. The molecule has 0 unspecified atom stereocenters. The van der Waals surface area contributed by atoms with Crippen LogP contribution in [0.25, 0.3) is 0 Å². The molecule has 2 N–H and O–H groups in total. The zero-order valence-electron chi connectivity index (χ0n) is 11.1. The second kappa shape index (κ2) is 5.98. The van der Waals surface area contributed by atoms with Gasteiger partial charge in [-0.15, -0.1) is 0 Å². The fourth-order valence-corrected chi connectivity index (χ4v) is 2.60. The van der Waals surface area contributed by atoms with Crippen LogP contribution in [0.1, 0.15) is 21.7 Å². The number of hydrogen-bond donors (Lipinski definition) is 2. The molecule has 8 heteroatoms. The Balaban J connectivity index is 2.16. The minimum absolute atomic E-state index is 0.0209. The Morgan fingerprint density at radius 1 is 1.29 bits per heavy atom. The molecular weight excluding hydrogens is 294 g/mol. The molecule has 0 bridgehead atoms. The van der Waals surface area contributed by atoms with Gasteiger partial charge >= 0.3 is 5.97 Å². The molecule has 1 heterocycles. The molecule has 0 amide bonds. The molecule has 0 atom stereocenters. The summed E-state index contributed by atoms with van der Waals surface area (Å²) in [6, 6.07) is 5.14. The molecule has 2 rings (SSSR count). The molecule has 0 radical (unpaired) electrons. The minimum Gasteiger partial charge on any atom is -0.478 e. The quantitative estimate of drug-likeness (QED) is 0.851. The molecule has 7 nitrogen and oxygen atoms in total. The summed E-state index contributed by atoms with van der Waals surface area (Å²) >= 11 is 0. The lowest BCUT2D eigenvalue weighted by molar-refractivity contribution is 0.0696. The highest BCUT2D eigenvalue weighted by molar-refractivity contribution is 7.89. The highest BCUT2D eigenvalue weighted by Crippen LogP contribution is 2.12. The van der Waals surface area contributed by atoms with Gasteiger partial charge in [-0.05, 0) is 25.1 Å². The van der Waals surface area contributed by atoms with Crippen molar-refractivity contribution in [2.75, 3.05) is 0 Å². The second-order valence-electron chi connectivity index (χ2n) is 4.31. The Bertz CT molecular complexity index is 757. The number of carboxylic acids is 1. The van der Waals surface area contributed by atoms with Gasteiger partial charge in [0.25, 0.3) is 0 Å². The van der Waals surface area contributed by atoms with Crippen LogP contribution in [-0.2, 0) is 16.6 Å². The first-order chi connectivity index (χ1) is 9.88. The number of nitrogens with one attached hydrogen (secondary N) is 1. The van der Waals surface area contributed by atoms with E-state index in [1.165, 1.54) is 30.6 Å². The van der Waals surface area contributed by atoms with Crippen molar-refractivity contribution in [3.8, 4) is 0 Å². The van der Waals surface area contributed by atoms with Crippen molar-refractivity contribution in [3.63, 3.8) is 0 Å². The van der Waals surface area contributed by atoms with Crippen LogP contribution in [0.2, 0.25) is 0 Å². The summed E-state index contributed by atoms with van der Waals surface area (Å²) in [7, 11) is -3.81. The van der Waals surface area contributed by atoms with E-state index in [-0.39, 0.29) is 17.0 Å². The predicted octanol–water partition coefficient (Wildman–Crippen LogP) is 0.962. The Morgan fingerprint density at radius 2 is 2.05 bits per heavy atom. The summed E-state index contributed by atoms with van der Waals surface area (Å²) in [6.45, 7) is 1.76. The van der Waals surface area contributed by atoms with E-state index in [2.05, 4.69) is 14.7 Å². The lowest BCUT2D eigenvalue weighted by Gasteiger charge is -2.07. The van der Waals surface area contributed by atoms with E-state index in [1.807, 2.05) is 0 Å². The van der Waals surface area contributed by atoms with E-state index in [0.717, 1.165) is 11.8 Å². The lowest BCUT2D eigenvalue weighted by Crippen LogP contribution is -2.24. The van der Waals surface area contributed by atoms with Crippen molar-refractivity contribution in [2.24, 2.45) is 0 Å². The first-order valence-corrected chi connectivity index (χ1v) is 7.47. The van der Waals surface area contributed by atoms with Crippen LogP contribution in [0.4, 0.5) is 0 Å². The van der Waals surface area contributed by atoms with Gasteiger partial charge in [0.2, 0.25) is 10.0 Å². The van der Waals surface area contributed by atoms with E-state index in [9.17, 15) is 13.2 Å². The van der Waals surface area contributed by atoms with Gasteiger partial charge in [-0.25, -0.2) is 17.9 Å². The van der Waals surface area contributed by atoms with Gasteiger partial charge in [0.1, 0.15) is 0 Å². The molecule has 1 aromatic heterocycles. The van der Waals surface area contributed by atoms with Gasteiger partial charge in [0.05, 0.1) is 34.6 Å². The average molecular weight is 307 g/mol. The smallest absolute Gasteiger partial charge is 0.335 e. The van der Waals surface area contributed by atoms with Gasteiger partial charge in [0, 0.05) is 6.20 Å². The number of aromatic carboxylic acids is 1. The molecule has 1 aromatic carbocycles. The second-order valence-corrected chi connectivity index (χ2v) is 6.07. The fraction of sp³-hybridized carbons (Fsp3) is 0.154. The van der Waals surface area contributed by atoms with Crippen molar-refractivity contribution in [3.05, 3.63) is 53.6 Å². The molecule has 0 saturated carbocycles. The number of benzene rings is 1. The number of nitrogens with zero attached hydrogens (tertiary/aromatic N) is 2. The van der Waals surface area contributed by atoms with E-state index >= 15 is 0 Å². The summed E-state index contributed by atoms with van der Waals surface area (Å²) in [5.41, 5.74) is 1.11. The number of carbonyl (C=O) groups is 1. The van der Waals surface area contributed by atoms with Crippen molar-refractivity contribution in [1.29, 1.82) is 0 Å². The monoisotopic (exact) mass is 307 g/mol. The SMILES string of the molecule is Cc1cnc(CNS(=O)(=O)c2cccc(C(=O)O)c2)cn1. The van der Waals surface area contributed by atoms with Gasteiger partial charge in [0.15, 0.2) is 0 Å². The number of hydrogen-bond acceptors (Lipinski definition) is 5. The molecule has 0 saturated heterocycles. The van der Waals surface area contributed by atoms with Crippen molar-refractivity contribution in [1.82, 2.24) is 14.7 Å². The molecule has 0 aliphatic carbocycles. The Kier molecular flexibility index (Phi) is 4.29. The zero-order valence-corrected chi connectivity index (χ0v) is 12.0. The third-order valence-electron chi connectivity index (χ3n) is 2.67. The third kappa shape index (κ3) is 3.83. The van der Waals surface area contributed by atoms with Crippen LogP contribution in [-0.4, -0.2) is 29.5 Å². The Hall–Kier alpha value is -2.32. The van der Waals surface area contributed by atoms with Crippen LogP contribution in [0.5, 0.6) is 0 Å². The summed E-state index contributed by atoms with van der Waals surface area (Å²) < 4.78 is 26.5. The van der Waals surface area contributed by atoms with E-state index in [0.29, 0.717) is 5.69 Å². The van der Waals surface area contributed by atoms with Crippen LogP contribution < -0.4 is 4.72 Å². The van der Waals surface area contributed by atoms with E-state index < -0.39 is 16.0 Å². The predicted molar refractivity (Wildman–Crippen MR) is 74.2 cm³/mol. The fourth-order valence-electron chi connectivity index (χ4n) is 1.56. The minimum atomic E-state index is -3.81. The molecule has 110 valence electrons. The maximum absolute atomic E-state index is 12.1. The maximum Gasteiger partial charge on any atom is 0.335 e. The molecule has 21 heavy (non-hydrogen) atoms. The molecule has 0 aliphatic rings. The number of carboxylic acid groups (broad SMARTS) is 1. The summed E-state index contributed by atoms with van der Waals surface area (Å²) in [5, 5.41) is 8.88. The summed E-state index contributed by atoms with van der Waals surface area (Å²) in [5.74, 6) is -1.18. The van der Waals surface area contributed by atoms with Crippen LogP contribution in [0.3, 0.4) is 0 Å². The van der Waals surface area contributed by atoms with Crippen molar-refractivity contribution >= 4 is 16.0 Å². The van der Waals surface area contributed by atoms with E-state index in [1.54, 1.807) is 6.92 Å². The highest BCUT2D eigenvalue weighted by Gasteiger charge is 2.16. The molecule has 2 aromatic rings. The number of aryl methyl sites for hydroxylation is 1. The first-order valence-electron chi connectivity index (χ1n) is 5.99. The average Bonchev–Trinajstić information content (AvgIpc) is 2.47. The van der Waals surface area contributed by atoms with Crippen LogP contribution >= 0.6 is 0 Å². The summed E-state index contributed by atoms with van der Waals surface area (Å²) in [4.78, 5) is 18.8. The molecular formula is C13H13N3O4S. The van der Waals surface area contributed by atoms with Crippen LogP contribution in [0, 0.1) is 6.92 Å². The standard InChI is InChI=1S/C13H13N3O4S/c1-9-6-15-11(7-14-9)8-16-21(19,20)12-4-2-3-10(5-12)13(17)18/h2-7,16H,8H2,1H3,(H,17,18). The van der Waals surface area contributed by atoms with E-state index in [4.69, 9.17) is 5.11 Å². The topological polar surface area (TPSA) is 109 Å². The van der Waals surface area contributed by atoms with Crippen LogP contribution in [0.15, 0.2) is 41.6 Å². The number of aromatic nitrogens is 2. The number of sulfonamides is 1. The highest BCUT2D eigenvalue weighted by atomic mass is 32.2. The van der Waals surface area contributed by atoms with Crippen molar-refractivity contribution in [2.45, 2.75) is 18.4 Å². The third-order valence-corrected chi connectivity index (χ3v) is 4.07. The first kappa shape index (κ1) is 15.1. The van der Waals surface area contributed by atoms with Gasteiger partial charge in [-0.3, -0.25) is 9.97 Å². The Morgan fingerprint density at radius 3 is 2.67 bits per heavy atom. The number of rotatable bonds is 5. The summed E-state index contributed by atoms with van der Waals surface area (Å²) in [6.07, 6.45) is 3.01. The molecule has 0 aliphatic heterocycles. The molecule has 0 spiro atoms. The van der Waals surface area contributed by atoms with Gasteiger partial charge in [-0.2, -0.15) is 0 Å². The van der Waals surface area contributed by atoms with Crippen molar-refractivity contribution < 1.29 is 18.3 Å². The largest absolute Gasteiger partial charge is 0.478 e.